The van der Waals surface area contributed by atoms with Crippen LogP contribution < -0.4 is 10.6 Å². The van der Waals surface area contributed by atoms with E-state index in [-0.39, 0.29) is 11.8 Å². The Balaban J connectivity index is 1.57. The molecule has 2 N–H and O–H groups in total. The quantitative estimate of drug-likeness (QED) is 0.305. The van der Waals surface area contributed by atoms with Crippen LogP contribution in [0.2, 0.25) is 0 Å². The maximum absolute atomic E-state index is 12.8. The standard InChI is InChI=1S/C32H37N3O2/c1-5-8-26(9-6-2)27-14-16-28(17-15-27)31(36)33-23-25-10-7-11-29(22-25)32(37)34-30-18-12-24(13-19-30)20-21-35(3)4/h5,7-19,22H,6,20-21,23H2,1-4H3,(H,33,36)(H,34,37)/b8-5-,26-9+. The van der Waals surface area contributed by atoms with Gasteiger partial charge in [-0.1, -0.05) is 61.5 Å². The van der Waals surface area contributed by atoms with E-state index in [9.17, 15) is 9.59 Å². The van der Waals surface area contributed by atoms with Crippen molar-refractivity contribution in [3.8, 4) is 0 Å². The average molecular weight is 496 g/mol. The molecule has 0 atom stereocenters. The summed E-state index contributed by atoms with van der Waals surface area (Å²) in [6.07, 6.45) is 8.16. The van der Waals surface area contributed by atoms with Gasteiger partial charge < -0.3 is 15.5 Å². The van der Waals surface area contributed by atoms with E-state index in [1.165, 1.54) is 5.56 Å². The third kappa shape index (κ3) is 8.58. The summed E-state index contributed by atoms with van der Waals surface area (Å²) in [6.45, 7) is 5.42. The van der Waals surface area contributed by atoms with Gasteiger partial charge >= 0.3 is 0 Å². The third-order valence-corrected chi connectivity index (χ3v) is 5.95. The summed E-state index contributed by atoms with van der Waals surface area (Å²) in [5.41, 5.74) is 6.22. The molecule has 0 saturated carbocycles. The molecule has 0 saturated heterocycles. The first-order chi connectivity index (χ1) is 17.9. The van der Waals surface area contributed by atoms with Crippen LogP contribution in [0, 0.1) is 0 Å². The summed E-state index contributed by atoms with van der Waals surface area (Å²) in [4.78, 5) is 27.6. The number of likely N-dealkylation sites (N-methyl/N-ethyl adjacent to an activating group) is 1. The van der Waals surface area contributed by atoms with Crippen LogP contribution in [0.3, 0.4) is 0 Å². The van der Waals surface area contributed by atoms with Crippen molar-refractivity contribution in [1.82, 2.24) is 10.2 Å². The second kappa shape index (κ2) is 14.0. The normalized spacial score (nSPS) is 11.6. The smallest absolute Gasteiger partial charge is 0.255 e. The van der Waals surface area contributed by atoms with Crippen LogP contribution in [0.5, 0.6) is 0 Å². The second-order valence-electron chi connectivity index (χ2n) is 9.23. The first-order valence-corrected chi connectivity index (χ1v) is 12.7. The first kappa shape index (κ1) is 27.6. The fourth-order valence-electron chi connectivity index (χ4n) is 3.91. The van der Waals surface area contributed by atoms with Crippen LogP contribution in [0.1, 0.15) is 57.7 Å². The Bertz CT molecular complexity index is 1240. The second-order valence-corrected chi connectivity index (χ2v) is 9.23. The fraction of sp³-hybridized carbons (Fsp3) is 0.250. The molecule has 3 aromatic rings. The Hall–Kier alpha value is -3.96. The van der Waals surface area contributed by atoms with Crippen molar-refractivity contribution >= 4 is 23.1 Å². The molecule has 3 rings (SSSR count). The molecule has 5 heteroatoms. The summed E-state index contributed by atoms with van der Waals surface area (Å²) in [7, 11) is 4.11. The van der Waals surface area contributed by atoms with Gasteiger partial charge in [-0.05, 0) is 92.5 Å². The first-order valence-electron chi connectivity index (χ1n) is 12.7. The highest BCUT2D eigenvalue weighted by molar-refractivity contribution is 6.04. The molecule has 0 fully saturated rings. The molecule has 0 spiro atoms. The van der Waals surface area contributed by atoms with E-state index in [0.29, 0.717) is 17.7 Å². The Labute approximate surface area is 220 Å². The highest BCUT2D eigenvalue weighted by Gasteiger charge is 2.10. The van der Waals surface area contributed by atoms with Gasteiger partial charge in [-0.25, -0.2) is 0 Å². The minimum atomic E-state index is -0.179. The fourth-order valence-corrected chi connectivity index (χ4v) is 3.91. The predicted molar refractivity (Wildman–Crippen MR) is 154 cm³/mol. The zero-order valence-corrected chi connectivity index (χ0v) is 22.3. The summed E-state index contributed by atoms with van der Waals surface area (Å²) in [5, 5.41) is 5.91. The lowest BCUT2D eigenvalue weighted by Crippen LogP contribution is -2.23. The molecule has 3 aromatic carbocycles. The molecule has 2 amide bonds. The summed E-state index contributed by atoms with van der Waals surface area (Å²) < 4.78 is 0. The molecule has 0 aromatic heterocycles. The van der Waals surface area contributed by atoms with Crippen LogP contribution in [-0.4, -0.2) is 37.4 Å². The molecule has 0 aliphatic carbocycles. The molecule has 192 valence electrons. The molecule has 0 aliphatic rings. The van der Waals surface area contributed by atoms with Crippen molar-refractivity contribution in [2.24, 2.45) is 0 Å². The highest BCUT2D eigenvalue weighted by atomic mass is 16.2. The van der Waals surface area contributed by atoms with Gasteiger partial charge in [0.1, 0.15) is 0 Å². The molecule has 0 heterocycles. The van der Waals surface area contributed by atoms with Crippen molar-refractivity contribution < 1.29 is 9.59 Å². The van der Waals surface area contributed by atoms with Crippen molar-refractivity contribution in [1.29, 1.82) is 0 Å². The van der Waals surface area contributed by atoms with E-state index >= 15 is 0 Å². The third-order valence-electron chi connectivity index (χ3n) is 5.95. The Morgan fingerprint density at radius 2 is 1.54 bits per heavy atom. The van der Waals surface area contributed by atoms with E-state index in [1.54, 1.807) is 6.07 Å². The number of hydrogen-bond donors (Lipinski definition) is 2. The van der Waals surface area contributed by atoms with E-state index < -0.39 is 0 Å². The van der Waals surface area contributed by atoms with Crippen molar-refractivity contribution in [3.63, 3.8) is 0 Å². The maximum atomic E-state index is 12.8. The molecule has 37 heavy (non-hydrogen) atoms. The van der Waals surface area contributed by atoms with Gasteiger partial charge in [0.25, 0.3) is 11.8 Å². The molecule has 0 radical (unpaired) electrons. The van der Waals surface area contributed by atoms with Gasteiger partial charge in [0.05, 0.1) is 0 Å². The number of allylic oxidation sites excluding steroid dienone is 4. The Morgan fingerprint density at radius 3 is 2.19 bits per heavy atom. The van der Waals surface area contributed by atoms with E-state index in [4.69, 9.17) is 0 Å². The van der Waals surface area contributed by atoms with Gasteiger partial charge in [-0.15, -0.1) is 0 Å². The van der Waals surface area contributed by atoms with Crippen molar-refractivity contribution in [2.45, 2.75) is 33.2 Å². The van der Waals surface area contributed by atoms with Crippen LogP contribution in [0.15, 0.2) is 91.0 Å². The molecular formula is C32H37N3O2. The number of anilines is 1. The topological polar surface area (TPSA) is 61.4 Å². The molecular weight excluding hydrogens is 458 g/mol. The summed E-state index contributed by atoms with van der Waals surface area (Å²) in [6, 6.07) is 22.9. The SMILES string of the molecule is C/C=C\C(=C/CC)c1ccc(C(=O)NCc2cccc(C(=O)Nc3ccc(CCN(C)C)cc3)c2)cc1. The van der Waals surface area contributed by atoms with Crippen LogP contribution in [-0.2, 0) is 13.0 Å². The van der Waals surface area contributed by atoms with Gasteiger partial charge in [-0.3, -0.25) is 9.59 Å². The zero-order valence-electron chi connectivity index (χ0n) is 22.3. The van der Waals surface area contributed by atoms with Gasteiger partial charge in [-0.2, -0.15) is 0 Å². The Morgan fingerprint density at radius 1 is 0.838 bits per heavy atom. The number of carbonyl (C=O) groups is 2. The van der Waals surface area contributed by atoms with Gasteiger partial charge in [0.15, 0.2) is 0 Å². The summed E-state index contributed by atoms with van der Waals surface area (Å²) in [5.74, 6) is -0.329. The number of benzene rings is 3. The minimum Gasteiger partial charge on any atom is -0.348 e. The zero-order chi connectivity index (χ0) is 26.6. The van der Waals surface area contributed by atoms with Crippen LogP contribution in [0.25, 0.3) is 5.57 Å². The number of amides is 2. The van der Waals surface area contributed by atoms with Crippen LogP contribution >= 0.6 is 0 Å². The van der Waals surface area contributed by atoms with Gasteiger partial charge in [0.2, 0.25) is 0 Å². The highest BCUT2D eigenvalue weighted by Crippen LogP contribution is 2.18. The number of hydrogen-bond acceptors (Lipinski definition) is 3. The van der Waals surface area contributed by atoms with Crippen LogP contribution in [0.4, 0.5) is 5.69 Å². The number of nitrogens with one attached hydrogen (secondary N) is 2. The number of carbonyl (C=O) groups excluding carboxylic acids is 2. The lowest BCUT2D eigenvalue weighted by Gasteiger charge is -2.11. The van der Waals surface area contributed by atoms with E-state index in [1.807, 2.05) is 79.7 Å². The van der Waals surface area contributed by atoms with E-state index in [2.05, 4.69) is 48.7 Å². The van der Waals surface area contributed by atoms with Crippen molar-refractivity contribution in [3.05, 3.63) is 119 Å². The largest absolute Gasteiger partial charge is 0.348 e. The van der Waals surface area contributed by atoms with E-state index in [0.717, 1.165) is 41.8 Å². The maximum Gasteiger partial charge on any atom is 0.255 e. The summed E-state index contributed by atoms with van der Waals surface area (Å²) >= 11 is 0. The molecule has 5 nitrogen and oxygen atoms in total. The predicted octanol–water partition coefficient (Wildman–Crippen LogP) is 6.34. The molecule has 0 unspecified atom stereocenters. The average Bonchev–Trinajstić information content (AvgIpc) is 2.91. The molecule has 0 aliphatic heterocycles. The lowest BCUT2D eigenvalue weighted by atomic mass is 10.0. The Kier molecular flexibility index (Phi) is 10.4. The van der Waals surface area contributed by atoms with Gasteiger partial charge in [0, 0.05) is 29.9 Å². The monoisotopic (exact) mass is 495 g/mol. The van der Waals surface area contributed by atoms with Crippen molar-refractivity contribution in [2.75, 3.05) is 26.0 Å². The lowest BCUT2D eigenvalue weighted by molar-refractivity contribution is 0.0950. The minimum absolute atomic E-state index is 0.150. The molecule has 0 bridgehead atoms. The number of nitrogens with zero attached hydrogens (tertiary/aromatic N) is 1. The number of rotatable bonds is 11.